The summed E-state index contributed by atoms with van der Waals surface area (Å²) >= 11 is 1.66. The van der Waals surface area contributed by atoms with Crippen molar-refractivity contribution in [1.82, 2.24) is 5.32 Å². The summed E-state index contributed by atoms with van der Waals surface area (Å²) in [5, 5.41) is 22.3. The molecular formula is C8H13NO2S. The van der Waals surface area contributed by atoms with Crippen molar-refractivity contribution in [3.8, 4) is 0 Å². The third kappa shape index (κ3) is 2.91. The van der Waals surface area contributed by atoms with E-state index in [0.29, 0.717) is 0 Å². The average Bonchev–Trinajstić information content (AvgIpc) is 2.56. The maximum Gasteiger partial charge on any atom is 0.0934 e. The van der Waals surface area contributed by atoms with Gasteiger partial charge in [0.05, 0.1) is 13.3 Å². The summed E-state index contributed by atoms with van der Waals surface area (Å²) in [5.74, 6) is 0. The summed E-state index contributed by atoms with van der Waals surface area (Å²) in [7, 11) is 0. The SMILES string of the molecule is OCN[C@H](CO)Cc1cccs1. The number of thiophene rings is 1. The number of rotatable bonds is 5. The summed E-state index contributed by atoms with van der Waals surface area (Å²) in [6.45, 7) is -0.0327. The third-order valence-corrected chi connectivity index (χ3v) is 2.53. The van der Waals surface area contributed by atoms with E-state index in [1.807, 2.05) is 17.5 Å². The number of aliphatic hydroxyl groups is 2. The Balaban J connectivity index is 2.37. The normalized spacial score (nSPS) is 13.2. The van der Waals surface area contributed by atoms with Crippen LogP contribution in [0.15, 0.2) is 17.5 Å². The van der Waals surface area contributed by atoms with Crippen LogP contribution >= 0.6 is 11.3 Å². The van der Waals surface area contributed by atoms with Crippen molar-refractivity contribution in [1.29, 1.82) is 0 Å². The highest BCUT2D eigenvalue weighted by Gasteiger charge is 2.06. The lowest BCUT2D eigenvalue weighted by Gasteiger charge is -2.12. The first-order chi connectivity index (χ1) is 5.86. The van der Waals surface area contributed by atoms with E-state index in [9.17, 15) is 0 Å². The molecule has 0 aliphatic carbocycles. The van der Waals surface area contributed by atoms with E-state index < -0.39 is 0 Å². The number of hydrogen-bond acceptors (Lipinski definition) is 4. The zero-order valence-electron chi connectivity index (χ0n) is 6.73. The number of hydrogen-bond donors (Lipinski definition) is 3. The van der Waals surface area contributed by atoms with Crippen LogP contribution in [0.4, 0.5) is 0 Å². The van der Waals surface area contributed by atoms with Crippen LogP contribution < -0.4 is 5.32 Å². The fourth-order valence-electron chi connectivity index (χ4n) is 1.00. The summed E-state index contributed by atoms with van der Waals surface area (Å²) in [5.41, 5.74) is 0. The van der Waals surface area contributed by atoms with E-state index in [1.165, 1.54) is 4.88 Å². The molecule has 0 radical (unpaired) electrons. The lowest BCUT2D eigenvalue weighted by Crippen LogP contribution is -2.34. The molecule has 68 valence electrons. The molecule has 0 aliphatic heterocycles. The van der Waals surface area contributed by atoms with Gasteiger partial charge < -0.3 is 10.2 Å². The van der Waals surface area contributed by atoms with Crippen LogP contribution in [0, 0.1) is 0 Å². The second-order valence-corrected chi connectivity index (χ2v) is 3.56. The van der Waals surface area contributed by atoms with Crippen LogP contribution in [0.25, 0.3) is 0 Å². The van der Waals surface area contributed by atoms with E-state index in [1.54, 1.807) is 11.3 Å². The minimum atomic E-state index is -0.0867. The minimum absolute atomic E-state index is 0.0337. The lowest BCUT2D eigenvalue weighted by atomic mass is 10.2. The Bertz CT molecular complexity index is 201. The molecule has 1 rings (SSSR count). The van der Waals surface area contributed by atoms with Crippen LogP contribution in [0.3, 0.4) is 0 Å². The van der Waals surface area contributed by atoms with Crippen molar-refractivity contribution in [3.63, 3.8) is 0 Å². The van der Waals surface area contributed by atoms with Gasteiger partial charge in [-0.15, -0.1) is 11.3 Å². The molecule has 0 spiro atoms. The van der Waals surface area contributed by atoms with Crippen LogP contribution in [-0.2, 0) is 6.42 Å². The molecule has 0 aliphatic rings. The molecule has 4 heteroatoms. The maximum absolute atomic E-state index is 8.89. The van der Waals surface area contributed by atoms with Crippen molar-refractivity contribution in [2.24, 2.45) is 0 Å². The molecule has 0 unspecified atom stereocenters. The van der Waals surface area contributed by atoms with Gasteiger partial charge in [0, 0.05) is 10.9 Å². The van der Waals surface area contributed by atoms with Gasteiger partial charge >= 0.3 is 0 Å². The zero-order chi connectivity index (χ0) is 8.81. The molecule has 1 atom stereocenters. The van der Waals surface area contributed by atoms with Crippen molar-refractivity contribution >= 4 is 11.3 Å². The smallest absolute Gasteiger partial charge is 0.0934 e. The van der Waals surface area contributed by atoms with Crippen LogP contribution in [0.2, 0.25) is 0 Å². The Morgan fingerprint density at radius 3 is 2.83 bits per heavy atom. The Morgan fingerprint density at radius 1 is 1.50 bits per heavy atom. The van der Waals surface area contributed by atoms with E-state index in [2.05, 4.69) is 5.32 Å². The van der Waals surface area contributed by atoms with Gasteiger partial charge in [-0.25, -0.2) is 0 Å². The van der Waals surface area contributed by atoms with E-state index in [4.69, 9.17) is 10.2 Å². The van der Waals surface area contributed by atoms with E-state index >= 15 is 0 Å². The monoisotopic (exact) mass is 187 g/mol. The highest BCUT2D eigenvalue weighted by Crippen LogP contribution is 2.10. The summed E-state index contributed by atoms with van der Waals surface area (Å²) in [6, 6.07) is 3.97. The Morgan fingerprint density at radius 2 is 2.33 bits per heavy atom. The summed E-state index contributed by atoms with van der Waals surface area (Å²) in [6.07, 6.45) is 0.773. The Labute approximate surface area is 75.7 Å². The molecule has 1 aromatic rings. The van der Waals surface area contributed by atoms with Gasteiger partial charge in [0.1, 0.15) is 0 Å². The standard InChI is InChI=1S/C8H13NO2S/c10-5-7(9-6-11)4-8-2-1-3-12-8/h1-3,7,9-11H,4-6H2/t7-/m0/s1. The molecule has 1 heterocycles. The minimum Gasteiger partial charge on any atom is -0.395 e. The average molecular weight is 187 g/mol. The molecule has 0 aromatic carbocycles. The fraction of sp³-hybridized carbons (Fsp3) is 0.500. The lowest BCUT2D eigenvalue weighted by molar-refractivity contribution is 0.189. The second-order valence-electron chi connectivity index (χ2n) is 2.53. The quantitative estimate of drug-likeness (QED) is 0.577. The highest BCUT2D eigenvalue weighted by molar-refractivity contribution is 7.09. The first kappa shape index (κ1) is 9.67. The molecule has 3 nitrogen and oxygen atoms in total. The number of nitrogens with one attached hydrogen (secondary N) is 1. The second kappa shape index (κ2) is 5.27. The van der Waals surface area contributed by atoms with Crippen LogP contribution in [0.1, 0.15) is 4.88 Å². The number of aliphatic hydroxyl groups excluding tert-OH is 2. The topological polar surface area (TPSA) is 52.5 Å². The van der Waals surface area contributed by atoms with Gasteiger partial charge in [-0.05, 0) is 17.9 Å². The predicted octanol–water partition coefficient (Wildman–Crippen LogP) is 0.191. The maximum atomic E-state index is 8.89. The van der Waals surface area contributed by atoms with Crippen molar-refractivity contribution in [2.45, 2.75) is 12.5 Å². The van der Waals surface area contributed by atoms with E-state index in [0.717, 1.165) is 6.42 Å². The van der Waals surface area contributed by atoms with E-state index in [-0.39, 0.29) is 19.4 Å². The predicted molar refractivity (Wildman–Crippen MR) is 49.1 cm³/mol. The van der Waals surface area contributed by atoms with Crippen LogP contribution in [-0.4, -0.2) is 29.6 Å². The molecular weight excluding hydrogens is 174 g/mol. The van der Waals surface area contributed by atoms with Gasteiger partial charge in [-0.2, -0.15) is 0 Å². The first-order valence-corrected chi connectivity index (χ1v) is 4.72. The summed E-state index contributed by atoms with van der Waals surface area (Å²) < 4.78 is 0. The van der Waals surface area contributed by atoms with Crippen molar-refractivity contribution in [2.75, 3.05) is 13.3 Å². The molecule has 12 heavy (non-hydrogen) atoms. The Hall–Kier alpha value is -0.420. The fourth-order valence-corrected chi connectivity index (χ4v) is 1.79. The third-order valence-electron chi connectivity index (χ3n) is 1.63. The molecule has 3 N–H and O–H groups in total. The molecule has 0 saturated carbocycles. The van der Waals surface area contributed by atoms with Gasteiger partial charge in [0.2, 0.25) is 0 Å². The zero-order valence-corrected chi connectivity index (χ0v) is 7.55. The Kier molecular flexibility index (Phi) is 4.24. The summed E-state index contributed by atoms with van der Waals surface area (Å²) in [4.78, 5) is 1.22. The first-order valence-electron chi connectivity index (χ1n) is 3.84. The van der Waals surface area contributed by atoms with Crippen molar-refractivity contribution in [3.05, 3.63) is 22.4 Å². The van der Waals surface area contributed by atoms with Gasteiger partial charge in [-0.3, -0.25) is 5.32 Å². The molecule has 0 amide bonds. The highest BCUT2D eigenvalue weighted by atomic mass is 32.1. The largest absolute Gasteiger partial charge is 0.395 e. The van der Waals surface area contributed by atoms with Crippen molar-refractivity contribution < 1.29 is 10.2 Å². The molecule has 0 bridgehead atoms. The van der Waals surface area contributed by atoms with Gasteiger partial charge in [-0.1, -0.05) is 6.07 Å². The molecule has 0 saturated heterocycles. The van der Waals surface area contributed by atoms with Crippen LogP contribution in [0.5, 0.6) is 0 Å². The molecule has 0 fully saturated rings. The molecule has 1 aromatic heterocycles. The van der Waals surface area contributed by atoms with Gasteiger partial charge in [0.15, 0.2) is 0 Å². The van der Waals surface area contributed by atoms with Gasteiger partial charge in [0.25, 0.3) is 0 Å².